The van der Waals surface area contributed by atoms with Gasteiger partial charge in [-0.15, -0.1) is 0 Å². The first kappa shape index (κ1) is 15.2. The zero-order valence-electron chi connectivity index (χ0n) is 10.6. The Kier molecular flexibility index (Phi) is 4.35. The van der Waals surface area contributed by atoms with E-state index in [4.69, 9.17) is 0 Å². The van der Waals surface area contributed by atoms with E-state index in [0.29, 0.717) is 0 Å². The topological polar surface area (TPSA) is 87.3 Å². The number of rotatable bonds is 2. The molecule has 0 fully saturated rings. The summed E-state index contributed by atoms with van der Waals surface area (Å²) in [7, 11) is -3.82. The van der Waals surface area contributed by atoms with Crippen LogP contribution in [0.2, 0.25) is 0 Å². The van der Waals surface area contributed by atoms with Gasteiger partial charge in [-0.05, 0) is 41.5 Å². The average molecular weight is 251 g/mol. The quantitative estimate of drug-likeness (QED) is 0.675. The molecule has 0 unspecified atom stereocenters. The highest BCUT2D eigenvalue weighted by atomic mass is 32.2. The van der Waals surface area contributed by atoms with E-state index >= 15 is 0 Å². The van der Waals surface area contributed by atoms with Crippen LogP contribution in [0.3, 0.4) is 0 Å². The number of amides is 2. The molecular formula is C9H21N3O3S. The van der Waals surface area contributed by atoms with E-state index in [1.807, 2.05) is 4.72 Å². The van der Waals surface area contributed by atoms with Crippen molar-refractivity contribution in [1.29, 1.82) is 0 Å². The summed E-state index contributed by atoms with van der Waals surface area (Å²) in [6.45, 7) is 10.3. The van der Waals surface area contributed by atoms with Gasteiger partial charge < -0.3 is 5.32 Å². The lowest BCUT2D eigenvalue weighted by Crippen LogP contribution is -2.54. The van der Waals surface area contributed by atoms with Crippen molar-refractivity contribution in [2.24, 2.45) is 0 Å². The van der Waals surface area contributed by atoms with Gasteiger partial charge in [-0.2, -0.15) is 13.1 Å². The Hall–Kier alpha value is -0.820. The highest BCUT2D eigenvalue weighted by Crippen LogP contribution is 2.01. The van der Waals surface area contributed by atoms with Crippen LogP contribution in [0.15, 0.2) is 0 Å². The van der Waals surface area contributed by atoms with Gasteiger partial charge >= 0.3 is 16.2 Å². The van der Waals surface area contributed by atoms with Gasteiger partial charge in [-0.25, -0.2) is 9.52 Å². The fourth-order valence-electron chi connectivity index (χ4n) is 0.917. The Labute approximate surface area is 97.4 Å². The van der Waals surface area contributed by atoms with Gasteiger partial charge in [-0.3, -0.25) is 0 Å². The monoisotopic (exact) mass is 251 g/mol. The molecule has 0 saturated heterocycles. The van der Waals surface area contributed by atoms with Crippen molar-refractivity contribution in [2.45, 2.75) is 52.6 Å². The smallest absolute Gasteiger partial charge is 0.329 e. The molecule has 0 atom stereocenters. The van der Waals surface area contributed by atoms with Crippen LogP contribution < -0.4 is 14.8 Å². The normalized spacial score (nSPS) is 13.4. The summed E-state index contributed by atoms with van der Waals surface area (Å²) < 4.78 is 27.1. The highest BCUT2D eigenvalue weighted by molar-refractivity contribution is 7.88. The predicted molar refractivity (Wildman–Crippen MR) is 63.2 cm³/mol. The van der Waals surface area contributed by atoms with Crippen LogP contribution in [0, 0.1) is 0 Å². The Morgan fingerprint density at radius 3 is 1.69 bits per heavy atom. The Morgan fingerprint density at radius 2 is 1.38 bits per heavy atom. The van der Waals surface area contributed by atoms with Crippen LogP contribution in [0.5, 0.6) is 0 Å². The second kappa shape index (κ2) is 4.58. The standard InChI is InChI=1S/C9H21N3O3S/c1-8(2,3)10-7(13)11-16(14,15)12-9(4,5)6/h12H,1-6H3,(H2,10,11,13). The van der Waals surface area contributed by atoms with Gasteiger partial charge in [-0.1, -0.05) is 0 Å². The lowest BCUT2D eigenvalue weighted by molar-refractivity contribution is 0.237. The minimum atomic E-state index is -3.82. The van der Waals surface area contributed by atoms with Crippen LogP contribution in [0.4, 0.5) is 4.79 Å². The summed E-state index contributed by atoms with van der Waals surface area (Å²) in [5.74, 6) is 0. The zero-order valence-corrected chi connectivity index (χ0v) is 11.4. The maximum atomic E-state index is 11.5. The van der Waals surface area contributed by atoms with Crippen molar-refractivity contribution in [3.05, 3.63) is 0 Å². The molecule has 0 aliphatic rings. The second-order valence-electron chi connectivity index (χ2n) is 5.66. The summed E-state index contributed by atoms with van der Waals surface area (Å²) in [6.07, 6.45) is 0. The largest absolute Gasteiger partial charge is 0.333 e. The minimum Gasteiger partial charge on any atom is -0.333 e. The van der Waals surface area contributed by atoms with Crippen molar-refractivity contribution in [3.63, 3.8) is 0 Å². The van der Waals surface area contributed by atoms with E-state index in [-0.39, 0.29) is 0 Å². The van der Waals surface area contributed by atoms with Crippen molar-refractivity contribution in [2.75, 3.05) is 0 Å². The molecule has 0 aromatic rings. The van der Waals surface area contributed by atoms with Crippen molar-refractivity contribution < 1.29 is 13.2 Å². The van der Waals surface area contributed by atoms with Crippen LogP contribution in [0.25, 0.3) is 0 Å². The van der Waals surface area contributed by atoms with Crippen LogP contribution in [0.1, 0.15) is 41.5 Å². The van der Waals surface area contributed by atoms with E-state index in [9.17, 15) is 13.2 Å². The van der Waals surface area contributed by atoms with Crippen molar-refractivity contribution >= 4 is 16.2 Å². The number of nitrogens with one attached hydrogen (secondary N) is 3. The van der Waals surface area contributed by atoms with E-state index in [0.717, 1.165) is 0 Å². The summed E-state index contributed by atoms with van der Waals surface area (Å²) in [6, 6.07) is -0.746. The lowest BCUT2D eigenvalue weighted by Gasteiger charge is -2.23. The molecule has 6 nitrogen and oxygen atoms in total. The van der Waals surface area contributed by atoms with Gasteiger partial charge in [0, 0.05) is 11.1 Å². The van der Waals surface area contributed by atoms with Gasteiger partial charge in [0.15, 0.2) is 0 Å². The fourth-order valence-corrected chi connectivity index (χ4v) is 2.07. The van der Waals surface area contributed by atoms with Gasteiger partial charge in [0.05, 0.1) is 0 Å². The third-order valence-electron chi connectivity index (χ3n) is 1.16. The fraction of sp³-hybridized carbons (Fsp3) is 0.889. The van der Waals surface area contributed by atoms with E-state index < -0.39 is 27.3 Å². The first-order chi connectivity index (χ1) is 6.81. The summed E-state index contributed by atoms with van der Waals surface area (Å²) >= 11 is 0. The second-order valence-corrected chi connectivity index (χ2v) is 7.08. The Morgan fingerprint density at radius 1 is 0.938 bits per heavy atom. The van der Waals surface area contributed by atoms with Gasteiger partial charge in [0.1, 0.15) is 0 Å². The van der Waals surface area contributed by atoms with E-state index in [1.54, 1.807) is 41.5 Å². The summed E-state index contributed by atoms with van der Waals surface area (Å²) in [5, 5.41) is 2.49. The molecule has 0 aromatic carbocycles. The molecule has 0 heterocycles. The van der Waals surface area contributed by atoms with Crippen molar-refractivity contribution in [1.82, 2.24) is 14.8 Å². The van der Waals surface area contributed by atoms with Crippen molar-refractivity contribution in [3.8, 4) is 0 Å². The molecule has 16 heavy (non-hydrogen) atoms. The predicted octanol–water partition coefficient (Wildman–Crippen LogP) is 0.717. The maximum absolute atomic E-state index is 11.5. The number of carbonyl (C=O) groups is 1. The molecule has 0 radical (unpaired) electrons. The molecule has 0 rings (SSSR count). The molecule has 96 valence electrons. The van der Waals surface area contributed by atoms with Crippen LogP contribution >= 0.6 is 0 Å². The molecule has 7 heteroatoms. The zero-order chi connectivity index (χ0) is 13.2. The van der Waals surface area contributed by atoms with Gasteiger partial charge in [0.2, 0.25) is 0 Å². The van der Waals surface area contributed by atoms with E-state index in [1.165, 1.54) is 0 Å². The molecule has 0 spiro atoms. The SMILES string of the molecule is CC(C)(C)NC(=O)NS(=O)(=O)NC(C)(C)C. The van der Waals surface area contributed by atoms with Gasteiger partial charge in [0.25, 0.3) is 0 Å². The van der Waals surface area contributed by atoms with Crippen LogP contribution in [-0.2, 0) is 10.2 Å². The molecule has 0 aliphatic carbocycles. The molecule has 3 N–H and O–H groups in total. The summed E-state index contributed by atoms with van der Waals surface area (Å²) in [4.78, 5) is 11.3. The molecule has 0 saturated carbocycles. The highest BCUT2D eigenvalue weighted by Gasteiger charge is 2.23. The van der Waals surface area contributed by atoms with E-state index in [2.05, 4.69) is 10.0 Å². The third kappa shape index (κ3) is 8.49. The Bertz CT molecular complexity index is 349. The first-order valence-electron chi connectivity index (χ1n) is 4.95. The molecule has 2 amide bonds. The third-order valence-corrected chi connectivity index (χ3v) is 2.49. The number of hydrogen-bond donors (Lipinski definition) is 3. The molecule has 0 aliphatic heterocycles. The number of hydrogen-bond acceptors (Lipinski definition) is 3. The summed E-state index contributed by atoms with van der Waals surface area (Å²) in [5.41, 5.74) is -1.12. The minimum absolute atomic E-state index is 0.485. The number of carbonyl (C=O) groups excluding carboxylic acids is 1. The lowest BCUT2D eigenvalue weighted by atomic mass is 10.1. The number of urea groups is 1. The molecule has 0 bridgehead atoms. The molecule has 0 aromatic heterocycles. The average Bonchev–Trinajstić information content (AvgIpc) is 1.70. The molecular weight excluding hydrogens is 230 g/mol. The first-order valence-corrected chi connectivity index (χ1v) is 6.43. The van der Waals surface area contributed by atoms with Crippen LogP contribution in [-0.4, -0.2) is 25.5 Å². The maximum Gasteiger partial charge on any atom is 0.329 e. The Balaban J connectivity index is 4.45.